The number of rotatable bonds is 6. The summed E-state index contributed by atoms with van der Waals surface area (Å²) in [5.41, 5.74) is 1.21. The first-order valence-electron chi connectivity index (χ1n) is 9.26. The number of ether oxygens (including phenoxy) is 1. The first kappa shape index (κ1) is 20.1. The van der Waals surface area contributed by atoms with Crippen molar-refractivity contribution in [2.75, 3.05) is 13.2 Å². The molecule has 1 aliphatic rings. The van der Waals surface area contributed by atoms with E-state index in [4.69, 9.17) is 9.16 Å². The van der Waals surface area contributed by atoms with Crippen molar-refractivity contribution in [3.05, 3.63) is 35.9 Å². The van der Waals surface area contributed by atoms with Crippen molar-refractivity contribution >= 4 is 14.3 Å². The van der Waals surface area contributed by atoms with Crippen molar-refractivity contribution in [3.63, 3.8) is 0 Å². The predicted octanol–water partition coefficient (Wildman–Crippen LogP) is 4.21. The molecule has 1 aromatic carbocycles. The second-order valence-corrected chi connectivity index (χ2v) is 13.2. The van der Waals surface area contributed by atoms with Gasteiger partial charge in [-0.3, -0.25) is 9.69 Å². The second-order valence-electron chi connectivity index (χ2n) is 8.42. The molecular weight excluding hydrogens is 330 g/mol. The van der Waals surface area contributed by atoms with E-state index < -0.39 is 8.32 Å². The van der Waals surface area contributed by atoms with Gasteiger partial charge < -0.3 is 9.16 Å². The van der Waals surface area contributed by atoms with Crippen molar-refractivity contribution in [2.24, 2.45) is 0 Å². The summed E-state index contributed by atoms with van der Waals surface area (Å²) < 4.78 is 11.9. The molecule has 0 aromatic heterocycles. The molecule has 0 amide bonds. The monoisotopic (exact) mass is 363 g/mol. The van der Waals surface area contributed by atoms with E-state index in [1.54, 1.807) is 0 Å². The van der Waals surface area contributed by atoms with Crippen LogP contribution in [0.4, 0.5) is 0 Å². The Morgan fingerprint density at radius 2 is 1.88 bits per heavy atom. The number of carbonyl (C=O) groups is 1. The quantitative estimate of drug-likeness (QED) is 0.560. The van der Waals surface area contributed by atoms with Crippen LogP contribution in [0.2, 0.25) is 18.1 Å². The van der Waals surface area contributed by atoms with Crippen LogP contribution in [0.25, 0.3) is 0 Å². The molecule has 1 saturated heterocycles. The molecule has 0 aliphatic carbocycles. The number of hydrogen-bond donors (Lipinski definition) is 0. The van der Waals surface area contributed by atoms with Crippen LogP contribution >= 0.6 is 0 Å². The Kier molecular flexibility index (Phi) is 6.46. The second kappa shape index (κ2) is 8.02. The van der Waals surface area contributed by atoms with Crippen LogP contribution in [-0.4, -0.2) is 44.5 Å². The van der Waals surface area contributed by atoms with Gasteiger partial charge >= 0.3 is 5.97 Å². The minimum absolute atomic E-state index is 0.0963. The molecule has 0 spiro atoms. The van der Waals surface area contributed by atoms with Crippen LogP contribution in [0.1, 0.15) is 39.7 Å². The van der Waals surface area contributed by atoms with Gasteiger partial charge in [-0.25, -0.2) is 0 Å². The van der Waals surface area contributed by atoms with E-state index in [1.165, 1.54) is 5.56 Å². The summed E-state index contributed by atoms with van der Waals surface area (Å²) in [6, 6.07) is 10.1. The van der Waals surface area contributed by atoms with E-state index in [0.29, 0.717) is 6.61 Å². The molecule has 2 rings (SSSR count). The van der Waals surface area contributed by atoms with Gasteiger partial charge in [0.15, 0.2) is 8.32 Å². The maximum atomic E-state index is 12.4. The molecular formula is C20H33NO3Si. The van der Waals surface area contributed by atoms with Crippen LogP contribution in [0.3, 0.4) is 0 Å². The fourth-order valence-electron chi connectivity index (χ4n) is 3.02. The van der Waals surface area contributed by atoms with Crippen molar-refractivity contribution in [1.29, 1.82) is 0 Å². The highest BCUT2D eigenvalue weighted by molar-refractivity contribution is 6.74. The molecule has 140 valence electrons. The molecule has 0 bridgehead atoms. The van der Waals surface area contributed by atoms with E-state index >= 15 is 0 Å². The third-order valence-corrected chi connectivity index (χ3v) is 9.95. The van der Waals surface area contributed by atoms with Crippen LogP contribution in [-0.2, 0) is 20.5 Å². The molecule has 1 heterocycles. The summed E-state index contributed by atoms with van der Waals surface area (Å²) in [4.78, 5) is 14.7. The first-order valence-corrected chi connectivity index (χ1v) is 12.2. The Morgan fingerprint density at radius 1 is 1.24 bits per heavy atom. The van der Waals surface area contributed by atoms with E-state index in [9.17, 15) is 4.79 Å². The zero-order chi connectivity index (χ0) is 18.7. The molecule has 5 heteroatoms. The minimum atomic E-state index is -1.85. The number of carbonyl (C=O) groups excluding carboxylic acids is 1. The van der Waals surface area contributed by atoms with Gasteiger partial charge in [0.2, 0.25) is 0 Å². The molecule has 1 fully saturated rings. The fourth-order valence-corrected chi connectivity index (χ4v) is 4.37. The van der Waals surface area contributed by atoms with Gasteiger partial charge in [-0.15, -0.1) is 0 Å². The highest BCUT2D eigenvalue weighted by atomic mass is 28.4. The highest BCUT2D eigenvalue weighted by Crippen LogP contribution is 2.39. The Balaban J connectivity index is 2.12. The standard InChI is InChI=1S/C20H33NO3Si/c1-7-23-19(22)18-13-17(24-25(5,6)20(2,3)4)15-21(18)14-16-11-9-8-10-12-16/h8-12,17-18H,7,13-15H2,1-6H3/t17-,18-/m0/s1. The summed E-state index contributed by atoms with van der Waals surface area (Å²) in [5, 5.41) is 0.166. The summed E-state index contributed by atoms with van der Waals surface area (Å²) in [6.07, 6.45) is 0.817. The molecule has 0 saturated carbocycles. The Hall–Kier alpha value is -1.17. The van der Waals surface area contributed by atoms with Crippen molar-refractivity contribution < 1.29 is 14.0 Å². The van der Waals surface area contributed by atoms with Gasteiger partial charge in [-0.1, -0.05) is 51.1 Å². The summed E-state index contributed by atoms with van der Waals surface area (Å²) in [5.74, 6) is -0.125. The number of benzene rings is 1. The van der Waals surface area contributed by atoms with Gasteiger partial charge in [-0.05, 0) is 37.0 Å². The Labute approximate surface area is 153 Å². The third-order valence-electron chi connectivity index (χ3n) is 5.42. The van der Waals surface area contributed by atoms with Crippen molar-refractivity contribution in [3.8, 4) is 0 Å². The molecule has 0 radical (unpaired) electrons. The van der Waals surface area contributed by atoms with Gasteiger partial charge in [0.25, 0.3) is 0 Å². The normalized spacial score (nSPS) is 22.2. The molecule has 0 unspecified atom stereocenters. The number of esters is 1. The predicted molar refractivity (Wildman–Crippen MR) is 104 cm³/mol. The molecule has 1 aliphatic heterocycles. The Morgan fingerprint density at radius 3 is 2.44 bits per heavy atom. The van der Waals surface area contributed by atoms with E-state index in [2.05, 4.69) is 50.9 Å². The summed E-state index contributed by atoms with van der Waals surface area (Å²) in [7, 11) is -1.85. The summed E-state index contributed by atoms with van der Waals surface area (Å²) >= 11 is 0. The molecule has 4 nitrogen and oxygen atoms in total. The SMILES string of the molecule is CCOC(=O)[C@@H]1C[C@H](O[Si](C)(C)C(C)(C)C)CN1Cc1ccccc1. The summed E-state index contributed by atoms with van der Waals surface area (Å²) in [6.45, 7) is 15.1. The average Bonchev–Trinajstić information content (AvgIpc) is 2.89. The average molecular weight is 364 g/mol. The number of hydrogen-bond acceptors (Lipinski definition) is 4. The van der Waals surface area contributed by atoms with Crippen molar-refractivity contribution in [2.45, 2.75) is 70.9 Å². The lowest BCUT2D eigenvalue weighted by molar-refractivity contribution is -0.148. The zero-order valence-electron chi connectivity index (χ0n) is 16.5. The van der Waals surface area contributed by atoms with E-state index in [0.717, 1.165) is 19.5 Å². The molecule has 2 atom stereocenters. The lowest BCUT2D eigenvalue weighted by atomic mass is 10.2. The van der Waals surface area contributed by atoms with E-state index in [-0.39, 0.29) is 23.2 Å². The molecule has 25 heavy (non-hydrogen) atoms. The lowest BCUT2D eigenvalue weighted by Gasteiger charge is -2.38. The van der Waals surface area contributed by atoms with Gasteiger partial charge in [0, 0.05) is 13.1 Å². The topological polar surface area (TPSA) is 38.8 Å². The number of likely N-dealkylation sites (tertiary alicyclic amines) is 1. The van der Waals surface area contributed by atoms with Crippen LogP contribution in [0.15, 0.2) is 30.3 Å². The van der Waals surface area contributed by atoms with E-state index in [1.807, 2.05) is 25.1 Å². The van der Waals surface area contributed by atoms with Gasteiger partial charge in [0.1, 0.15) is 6.04 Å². The van der Waals surface area contributed by atoms with Crippen LogP contribution < -0.4 is 0 Å². The largest absolute Gasteiger partial charge is 0.465 e. The van der Waals surface area contributed by atoms with Gasteiger partial charge in [0.05, 0.1) is 12.7 Å². The third kappa shape index (κ3) is 5.15. The Bertz CT molecular complexity index is 568. The zero-order valence-corrected chi connectivity index (χ0v) is 17.5. The van der Waals surface area contributed by atoms with Gasteiger partial charge in [-0.2, -0.15) is 0 Å². The van der Waals surface area contributed by atoms with Crippen LogP contribution in [0, 0.1) is 0 Å². The first-order chi connectivity index (χ1) is 11.6. The van der Waals surface area contributed by atoms with Crippen molar-refractivity contribution in [1.82, 2.24) is 4.90 Å². The smallest absolute Gasteiger partial charge is 0.323 e. The molecule has 0 N–H and O–H groups in total. The van der Waals surface area contributed by atoms with Crippen LogP contribution in [0.5, 0.6) is 0 Å². The lowest BCUT2D eigenvalue weighted by Crippen LogP contribution is -2.44. The molecule has 1 aromatic rings. The maximum absolute atomic E-state index is 12.4. The highest BCUT2D eigenvalue weighted by Gasteiger charge is 2.44. The minimum Gasteiger partial charge on any atom is -0.465 e. The maximum Gasteiger partial charge on any atom is 0.323 e. The number of nitrogens with zero attached hydrogens (tertiary/aromatic N) is 1. The fraction of sp³-hybridized carbons (Fsp3) is 0.650.